The van der Waals surface area contributed by atoms with E-state index in [1.807, 2.05) is 55.5 Å². The Labute approximate surface area is 189 Å². The number of ether oxygens (including phenoxy) is 1. The van der Waals surface area contributed by atoms with Crippen LogP contribution >= 0.6 is 11.6 Å². The van der Waals surface area contributed by atoms with Gasteiger partial charge >= 0.3 is 5.69 Å². The molecular weight excluding hydrogens is 428 g/mol. The molecule has 32 heavy (non-hydrogen) atoms. The topological polar surface area (TPSA) is 71.1 Å². The van der Waals surface area contributed by atoms with Crippen molar-refractivity contribution in [1.29, 1.82) is 0 Å². The van der Waals surface area contributed by atoms with Crippen LogP contribution in [0.2, 0.25) is 5.02 Å². The van der Waals surface area contributed by atoms with Crippen LogP contribution in [0.15, 0.2) is 64.4 Å². The Morgan fingerprint density at radius 2 is 2.00 bits per heavy atom. The van der Waals surface area contributed by atoms with Crippen molar-refractivity contribution in [3.05, 3.63) is 91.8 Å². The number of aryl methyl sites for hydroxylation is 1. The molecule has 1 atom stereocenters. The Kier molecular flexibility index (Phi) is 5.45. The predicted octanol–water partition coefficient (Wildman–Crippen LogP) is 3.54. The number of rotatable bonds is 5. The Morgan fingerprint density at radius 1 is 1.16 bits per heavy atom. The Morgan fingerprint density at radius 3 is 2.75 bits per heavy atom. The first kappa shape index (κ1) is 20.7. The highest BCUT2D eigenvalue weighted by Crippen LogP contribution is 2.19. The van der Waals surface area contributed by atoms with Crippen LogP contribution < -0.4 is 11.2 Å². The van der Waals surface area contributed by atoms with Crippen molar-refractivity contribution in [2.24, 2.45) is 0 Å². The SMILES string of the molecule is Cc1ccccc1-n1c(=O)n(CC2CCCO2)c(=O)c2c1ncn2Cc1cccc(Cl)c1. The zero-order chi connectivity index (χ0) is 22.2. The van der Waals surface area contributed by atoms with Gasteiger partial charge < -0.3 is 9.30 Å². The van der Waals surface area contributed by atoms with E-state index in [0.29, 0.717) is 35.0 Å². The molecule has 1 fully saturated rings. The molecular formula is C24H23ClN4O3. The van der Waals surface area contributed by atoms with Crippen molar-refractivity contribution >= 4 is 22.8 Å². The van der Waals surface area contributed by atoms with E-state index in [0.717, 1.165) is 24.0 Å². The van der Waals surface area contributed by atoms with Crippen LogP contribution in [0, 0.1) is 6.92 Å². The number of benzene rings is 2. The second-order valence-electron chi connectivity index (χ2n) is 8.13. The van der Waals surface area contributed by atoms with Gasteiger partial charge in [-0.25, -0.2) is 14.3 Å². The largest absolute Gasteiger partial charge is 0.376 e. The molecule has 1 aliphatic heterocycles. The van der Waals surface area contributed by atoms with Crippen molar-refractivity contribution in [1.82, 2.24) is 18.7 Å². The molecule has 164 valence electrons. The van der Waals surface area contributed by atoms with Gasteiger partial charge in [0.05, 0.1) is 24.7 Å². The summed E-state index contributed by atoms with van der Waals surface area (Å²) in [7, 11) is 0. The summed E-state index contributed by atoms with van der Waals surface area (Å²) in [5.74, 6) is 0. The summed E-state index contributed by atoms with van der Waals surface area (Å²) < 4.78 is 10.3. The van der Waals surface area contributed by atoms with E-state index in [-0.39, 0.29) is 18.2 Å². The molecule has 7 nitrogen and oxygen atoms in total. The summed E-state index contributed by atoms with van der Waals surface area (Å²) in [6.45, 7) is 3.23. The normalized spacial score (nSPS) is 16.1. The first-order chi connectivity index (χ1) is 15.5. The van der Waals surface area contributed by atoms with Gasteiger partial charge in [0.2, 0.25) is 0 Å². The molecule has 1 aliphatic rings. The predicted molar refractivity (Wildman–Crippen MR) is 124 cm³/mol. The van der Waals surface area contributed by atoms with Gasteiger partial charge in [0, 0.05) is 18.2 Å². The van der Waals surface area contributed by atoms with Gasteiger partial charge in [-0.15, -0.1) is 0 Å². The van der Waals surface area contributed by atoms with Crippen LogP contribution in [0.3, 0.4) is 0 Å². The zero-order valence-corrected chi connectivity index (χ0v) is 18.5. The summed E-state index contributed by atoms with van der Waals surface area (Å²) in [4.78, 5) is 31.6. The molecule has 2 aromatic heterocycles. The van der Waals surface area contributed by atoms with Crippen molar-refractivity contribution in [2.75, 3.05) is 6.61 Å². The molecule has 0 saturated carbocycles. The first-order valence-corrected chi connectivity index (χ1v) is 11.0. The summed E-state index contributed by atoms with van der Waals surface area (Å²) in [6, 6.07) is 15.1. The number of aromatic nitrogens is 4. The van der Waals surface area contributed by atoms with Crippen molar-refractivity contribution in [3.63, 3.8) is 0 Å². The molecule has 0 spiro atoms. The first-order valence-electron chi connectivity index (χ1n) is 10.7. The molecule has 1 unspecified atom stereocenters. The maximum absolute atomic E-state index is 13.6. The molecule has 2 aromatic carbocycles. The lowest BCUT2D eigenvalue weighted by Gasteiger charge is -2.16. The van der Waals surface area contributed by atoms with Gasteiger partial charge in [0.1, 0.15) is 0 Å². The van der Waals surface area contributed by atoms with Gasteiger partial charge in [-0.2, -0.15) is 0 Å². The van der Waals surface area contributed by atoms with Gasteiger partial charge in [-0.3, -0.25) is 9.36 Å². The number of hydrogen-bond acceptors (Lipinski definition) is 4. The van der Waals surface area contributed by atoms with Gasteiger partial charge in [0.25, 0.3) is 5.56 Å². The number of hydrogen-bond donors (Lipinski definition) is 0. The van der Waals surface area contributed by atoms with E-state index in [2.05, 4.69) is 4.98 Å². The van der Waals surface area contributed by atoms with Crippen molar-refractivity contribution in [3.8, 4) is 5.69 Å². The van der Waals surface area contributed by atoms with Crippen LogP contribution in [0.5, 0.6) is 0 Å². The summed E-state index contributed by atoms with van der Waals surface area (Å²) in [6.07, 6.45) is 3.22. The fraction of sp³-hybridized carbons (Fsp3) is 0.292. The Hall–Kier alpha value is -3.16. The smallest absolute Gasteiger partial charge is 0.337 e. The van der Waals surface area contributed by atoms with Gasteiger partial charge in [0.15, 0.2) is 11.2 Å². The van der Waals surface area contributed by atoms with E-state index in [1.54, 1.807) is 10.9 Å². The third-order valence-electron chi connectivity index (χ3n) is 5.91. The Balaban J connectivity index is 1.75. The number of nitrogens with zero attached hydrogens (tertiary/aromatic N) is 4. The van der Waals surface area contributed by atoms with Crippen LogP contribution in [0.25, 0.3) is 16.9 Å². The highest BCUT2D eigenvalue weighted by atomic mass is 35.5. The van der Waals surface area contributed by atoms with Crippen molar-refractivity contribution in [2.45, 2.75) is 39.0 Å². The van der Waals surface area contributed by atoms with Crippen LogP contribution in [-0.2, 0) is 17.8 Å². The van der Waals surface area contributed by atoms with Gasteiger partial charge in [-0.05, 0) is 49.1 Å². The van der Waals surface area contributed by atoms with Crippen LogP contribution in [-0.4, -0.2) is 31.4 Å². The minimum absolute atomic E-state index is 0.146. The molecule has 1 saturated heterocycles. The molecule has 0 radical (unpaired) electrons. The number of imidazole rings is 1. The molecule has 4 aromatic rings. The summed E-state index contributed by atoms with van der Waals surface area (Å²) >= 11 is 6.15. The number of para-hydroxylation sites is 1. The average Bonchev–Trinajstić information content (AvgIpc) is 3.43. The molecule has 5 rings (SSSR count). The highest BCUT2D eigenvalue weighted by molar-refractivity contribution is 6.30. The van der Waals surface area contributed by atoms with E-state index in [9.17, 15) is 9.59 Å². The van der Waals surface area contributed by atoms with Crippen molar-refractivity contribution < 1.29 is 4.74 Å². The third-order valence-corrected chi connectivity index (χ3v) is 6.14. The minimum Gasteiger partial charge on any atom is -0.376 e. The molecule has 0 amide bonds. The maximum atomic E-state index is 13.6. The fourth-order valence-corrected chi connectivity index (χ4v) is 4.53. The lowest BCUT2D eigenvalue weighted by molar-refractivity contribution is 0.0950. The number of fused-ring (bicyclic) bond motifs is 1. The quantitative estimate of drug-likeness (QED) is 0.466. The highest BCUT2D eigenvalue weighted by Gasteiger charge is 2.24. The summed E-state index contributed by atoms with van der Waals surface area (Å²) in [5.41, 5.74) is 2.53. The second-order valence-corrected chi connectivity index (χ2v) is 8.57. The Bertz CT molecular complexity index is 1410. The molecule has 3 heterocycles. The van der Waals surface area contributed by atoms with E-state index in [1.165, 1.54) is 9.13 Å². The lowest BCUT2D eigenvalue weighted by Crippen LogP contribution is -2.42. The number of halogens is 1. The monoisotopic (exact) mass is 450 g/mol. The zero-order valence-electron chi connectivity index (χ0n) is 17.7. The maximum Gasteiger partial charge on any atom is 0.337 e. The average molecular weight is 451 g/mol. The molecule has 8 heteroatoms. The third kappa shape index (κ3) is 3.67. The van der Waals surface area contributed by atoms with Crippen LogP contribution in [0.4, 0.5) is 0 Å². The summed E-state index contributed by atoms with van der Waals surface area (Å²) in [5, 5.41) is 0.625. The lowest BCUT2D eigenvalue weighted by atomic mass is 10.2. The van der Waals surface area contributed by atoms with Gasteiger partial charge in [-0.1, -0.05) is 41.9 Å². The van der Waals surface area contributed by atoms with Crippen LogP contribution in [0.1, 0.15) is 24.0 Å². The van der Waals surface area contributed by atoms with E-state index < -0.39 is 5.69 Å². The fourth-order valence-electron chi connectivity index (χ4n) is 4.32. The molecule has 0 N–H and O–H groups in total. The molecule has 0 aliphatic carbocycles. The second kappa shape index (κ2) is 8.41. The minimum atomic E-state index is -0.402. The molecule has 0 bridgehead atoms. The van der Waals surface area contributed by atoms with E-state index >= 15 is 0 Å². The standard InChI is InChI=1S/C24H23ClN4O3/c1-16-6-2-3-10-20(16)29-22-21(23(30)28(24(29)31)14-19-9-5-11-32-19)27(15-26-22)13-17-7-4-8-18(25)12-17/h2-4,6-8,10,12,15,19H,5,9,11,13-14H2,1H3. The van der Waals surface area contributed by atoms with E-state index in [4.69, 9.17) is 16.3 Å².